The number of hydrogen-bond acceptors (Lipinski definition) is 2. The normalized spacial score (nSPS) is 23.7. The van der Waals surface area contributed by atoms with Crippen molar-refractivity contribution in [2.75, 3.05) is 6.54 Å². The van der Waals surface area contributed by atoms with Gasteiger partial charge in [0.05, 0.1) is 0 Å². The Morgan fingerprint density at radius 3 is 2.93 bits per heavy atom. The fourth-order valence-corrected chi connectivity index (χ4v) is 1.51. The summed E-state index contributed by atoms with van der Waals surface area (Å²) in [4.78, 5) is 6.22. The molecule has 2 heteroatoms. The third-order valence-electron chi connectivity index (χ3n) is 2.34. The monoisotopic (exact) mass is 198 g/mol. The standard InChI is InChI=1S/C13H14N2/c1-2-15-10-4-3-5-13(15)7-6-12-8-9-14-11-12/h3-11H,2H2,1H3/b12-6-,13-7-. The Hall–Kier alpha value is -1.83. The van der Waals surface area contributed by atoms with Crippen molar-refractivity contribution in [1.82, 2.24) is 4.90 Å². The second-order valence-electron chi connectivity index (χ2n) is 3.34. The molecular weight excluding hydrogens is 184 g/mol. The van der Waals surface area contributed by atoms with E-state index in [4.69, 9.17) is 0 Å². The van der Waals surface area contributed by atoms with Crippen LogP contribution >= 0.6 is 0 Å². The van der Waals surface area contributed by atoms with Gasteiger partial charge in [0.2, 0.25) is 0 Å². The molecule has 0 saturated heterocycles. The molecule has 0 bridgehead atoms. The van der Waals surface area contributed by atoms with E-state index in [1.807, 2.05) is 18.4 Å². The van der Waals surface area contributed by atoms with Crippen LogP contribution in [0.3, 0.4) is 0 Å². The first-order valence-electron chi connectivity index (χ1n) is 5.13. The highest BCUT2D eigenvalue weighted by atomic mass is 15.1. The van der Waals surface area contributed by atoms with Crippen molar-refractivity contribution in [1.29, 1.82) is 0 Å². The van der Waals surface area contributed by atoms with Crippen molar-refractivity contribution in [2.45, 2.75) is 6.92 Å². The third-order valence-corrected chi connectivity index (χ3v) is 2.34. The maximum atomic E-state index is 4.02. The first kappa shape index (κ1) is 9.71. The topological polar surface area (TPSA) is 15.6 Å². The maximum absolute atomic E-state index is 4.02. The minimum Gasteiger partial charge on any atom is -0.348 e. The van der Waals surface area contributed by atoms with E-state index < -0.39 is 0 Å². The highest BCUT2D eigenvalue weighted by Gasteiger charge is 2.02. The summed E-state index contributed by atoms with van der Waals surface area (Å²) in [5.74, 6) is 0. The highest BCUT2D eigenvalue weighted by molar-refractivity contribution is 5.85. The molecule has 0 unspecified atom stereocenters. The zero-order chi connectivity index (χ0) is 10.5. The number of aliphatic imine (C=N–C) groups is 1. The molecule has 0 aromatic carbocycles. The van der Waals surface area contributed by atoms with Crippen LogP contribution in [0.2, 0.25) is 0 Å². The van der Waals surface area contributed by atoms with Crippen LogP contribution in [0.5, 0.6) is 0 Å². The van der Waals surface area contributed by atoms with E-state index in [2.05, 4.69) is 47.3 Å². The molecule has 2 aliphatic heterocycles. The Morgan fingerprint density at radius 2 is 2.20 bits per heavy atom. The highest BCUT2D eigenvalue weighted by Crippen LogP contribution is 2.12. The first-order valence-corrected chi connectivity index (χ1v) is 5.13. The molecule has 76 valence electrons. The van der Waals surface area contributed by atoms with E-state index in [1.54, 1.807) is 6.20 Å². The lowest BCUT2D eigenvalue weighted by molar-refractivity contribution is 0.503. The molecule has 0 spiro atoms. The van der Waals surface area contributed by atoms with Gasteiger partial charge in [-0.05, 0) is 36.8 Å². The number of rotatable bonds is 2. The van der Waals surface area contributed by atoms with E-state index in [0.717, 1.165) is 12.1 Å². The van der Waals surface area contributed by atoms with Crippen molar-refractivity contribution in [3.05, 3.63) is 60.1 Å². The summed E-state index contributed by atoms with van der Waals surface area (Å²) in [5, 5.41) is 0. The average Bonchev–Trinajstić information content (AvgIpc) is 2.79. The molecule has 15 heavy (non-hydrogen) atoms. The van der Waals surface area contributed by atoms with E-state index in [0.29, 0.717) is 0 Å². The Morgan fingerprint density at radius 1 is 1.27 bits per heavy atom. The number of allylic oxidation sites excluding steroid dienone is 7. The molecule has 2 heterocycles. The second kappa shape index (κ2) is 4.60. The van der Waals surface area contributed by atoms with Crippen LogP contribution in [0.15, 0.2) is 65.1 Å². The van der Waals surface area contributed by atoms with E-state index >= 15 is 0 Å². The predicted molar refractivity (Wildman–Crippen MR) is 64.5 cm³/mol. The van der Waals surface area contributed by atoms with E-state index in [1.165, 1.54) is 5.70 Å². The number of nitrogens with zero attached hydrogens (tertiary/aromatic N) is 2. The van der Waals surface area contributed by atoms with Crippen molar-refractivity contribution < 1.29 is 0 Å². The van der Waals surface area contributed by atoms with Gasteiger partial charge in [0.25, 0.3) is 0 Å². The summed E-state index contributed by atoms with van der Waals surface area (Å²) in [5.41, 5.74) is 2.35. The molecule has 0 N–H and O–H groups in total. The molecule has 2 nitrogen and oxygen atoms in total. The summed E-state index contributed by atoms with van der Waals surface area (Å²) in [7, 11) is 0. The largest absolute Gasteiger partial charge is 0.348 e. The molecule has 0 aliphatic carbocycles. The molecule has 0 aromatic rings. The predicted octanol–water partition coefficient (Wildman–Crippen LogP) is 2.80. The zero-order valence-electron chi connectivity index (χ0n) is 8.80. The molecule has 0 fully saturated rings. The minimum atomic E-state index is 0.986. The van der Waals surface area contributed by atoms with Gasteiger partial charge in [-0.3, -0.25) is 4.99 Å². The molecule has 0 saturated carbocycles. The summed E-state index contributed by atoms with van der Waals surface area (Å²) >= 11 is 0. The van der Waals surface area contributed by atoms with Gasteiger partial charge in [0.1, 0.15) is 0 Å². The summed E-state index contributed by atoms with van der Waals surface area (Å²) in [6.45, 7) is 3.13. The molecular formula is C13H14N2. The van der Waals surface area contributed by atoms with Crippen molar-refractivity contribution in [3.63, 3.8) is 0 Å². The van der Waals surface area contributed by atoms with Crippen molar-refractivity contribution >= 4 is 6.21 Å². The summed E-state index contributed by atoms with van der Waals surface area (Å²) in [6, 6.07) is 0. The maximum Gasteiger partial charge on any atom is 0.0406 e. The zero-order valence-corrected chi connectivity index (χ0v) is 8.80. The van der Waals surface area contributed by atoms with Gasteiger partial charge in [-0.2, -0.15) is 0 Å². The van der Waals surface area contributed by atoms with Gasteiger partial charge >= 0.3 is 0 Å². The molecule has 0 aromatic heterocycles. The fraction of sp³-hybridized carbons (Fsp3) is 0.154. The Balaban J connectivity index is 2.15. The Bertz CT molecular complexity index is 392. The first-order chi connectivity index (χ1) is 7.40. The van der Waals surface area contributed by atoms with Gasteiger partial charge in [-0.1, -0.05) is 12.2 Å². The lowest BCUT2D eigenvalue weighted by Crippen LogP contribution is -2.15. The van der Waals surface area contributed by atoms with Gasteiger partial charge < -0.3 is 4.90 Å². The molecule has 2 aliphatic rings. The molecule has 2 rings (SSSR count). The lowest BCUT2D eigenvalue weighted by atomic mass is 10.2. The summed E-state index contributed by atoms with van der Waals surface area (Å²) < 4.78 is 0. The minimum absolute atomic E-state index is 0.986. The van der Waals surface area contributed by atoms with Crippen LogP contribution in [-0.2, 0) is 0 Å². The molecule has 0 radical (unpaired) electrons. The third kappa shape index (κ3) is 2.34. The van der Waals surface area contributed by atoms with Crippen LogP contribution in [0.1, 0.15) is 6.92 Å². The van der Waals surface area contributed by atoms with Crippen molar-refractivity contribution in [2.24, 2.45) is 4.99 Å². The van der Waals surface area contributed by atoms with Gasteiger partial charge in [-0.25, -0.2) is 0 Å². The van der Waals surface area contributed by atoms with E-state index in [9.17, 15) is 0 Å². The van der Waals surface area contributed by atoms with Crippen LogP contribution in [0, 0.1) is 0 Å². The van der Waals surface area contributed by atoms with Crippen molar-refractivity contribution in [3.8, 4) is 0 Å². The van der Waals surface area contributed by atoms with E-state index in [-0.39, 0.29) is 0 Å². The molecule has 0 atom stereocenters. The van der Waals surface area contributed by atoms with Gasteiger partial charge in [0, 0.05) is 30.9 Å². The Labute approximate surface area is 90.3 Å². The van der Waals surface area contributed by atoms with Crippen LogP contribution < -0.4 is 0 Å². The smallest absolute Gasteiger partial charge is 0.0406 e. The molecule has 0 amide bonds. The number of likely N-dealkylation sites (N-methyl/N-ethyl adjacent to an activating group) is 1. The van der Waals surface area contributed by atoms with Gasteiger partial charge in [0.15, 0.2) is 0 Å². The lowest BCUT2D eigenvalue weighted by Gasteiger charge is -2.21. The van der Waals surface area contributed by atoms with Gasteiger partial charge in [-0.15, -0.1) is 0 Å². The Kier molecular flexibility index (Phi) is 2.98. The SMILES string of the molecule is CCN1C=CC=C/C1=C/C=C1/C=CN=C1. The summed E-state index contributed by atoms with van der Waals surface area (Å²) in [6.07, 6.45) is 18.1. The van der Waals surface area contributed by atoms with Crippen LogP contribution in [0.4, 0.5) is 0 Å². The van der Waals surface area contributed by atoms with Crippen LogP contribution in [0.25, 0.3) is 0 Å². The van der Waals surface area contributed by atoms with Crippen LogP contribution in [-0.4, -0.2) is 17.7 Å². The quantitative estimate of drug-likeness (QED) is 0.666. The fourth-order valence-electron chi connectivity index (χ4n) is 1.51. The number of hydrogen-bond donors (Lipinski definition) is 0. The second-order valence-corrected chi connectivity index (χ2v) is 3.34. The average molecular weight is 198 g/mol.